The van der Waals surface area contributed by atoms with Crippen molar-refractivity contribution in [2.24, 2.45) is 0 Å². The molecule has 0 saturated carbocycles. The van der Waals surface area contributed by atoms with Crippen molar-refractivity contribution >= 4 is 0 Å². The van der Waals surface area contributed by atoms with E-state index in [0.717, 1.165) is 31.7 Å². The lowest BCUT2D eigenvalue weighted by atomic mass is 10.0. The second kappa shape index (κ2) is 4.67. The Morgan fingerprint density at radius 1 is 1.40 bits per heavy atom. The molecule has 0 radical (unpaired) electrons. The molecule has 0 aromatic heterocycles. The van der Waals surface area contributed by atoms with Gasteiger partial charge < -0.3 is 10.1 Å². The molecule has 0 aliphatic carbocycles. The molecule has 1 aliphatic rings. The van der Waals surface area contributed by atoms with Crippen molar-refractivity contribution in [2.45, 2.75) is 39.3 Å². The lowest BCUT2D eigenvalue weighted by Gasteiger charge is -2.18. The minimum Gasteiger partial charge on any atom is -0.493 e. The molecule has 15 heavy (non-hydrogen) atoms. The number of aryl methyl sites for hydroxylation is 1. The van der Waals surface area contributed by atoms with Crippen LogP contribution in [-0.2, 0) is 13.0 Å². The van der Waals surface area contributed by atoms with Gasteiger partial charge >= 0.3 is 0 Å². The first-order valence-electron chi connectivity index (χ1n) is 5.73. The number of ether oxygens (including phenoxy) is 1. The van der Waals surface area contributed by atoms with Crippen LogP contribution in [0, 0.1) is 0 Å². The summed E-state index contributed by atoms with van der Waals surface area (Å²) in [5.74, 6) is 1.09. The van der Waals surface area contributed by atoms with Gasteiger partial charge in [0.05, 0.1) is 6.61 Å². The summed E-state index contributed by atoms with van der Waals surface area (Å²) >= 11 is 0. The third kappa shape index (κ3) is 2.72. The molecule has 0 amide bonds. The molecule has 1 aromatic carbocycles. The van der Waals surface area contributed by atoms with Gasteiger partial charge in [-0.1, -0.05) is 26.0 Å². The smallest absolute Gasteiger partial charge is 0.122 e. The Morgan fingerprint density at radius 2 is 2.27 bits per heavy atom. The molecule has 2 heteroatoms. The molecule has 0 saturated heterocycles. The van der Waals surface area contributed by atoms with Gasteiger partial charge in [0.2, 0.25) is 0 Å². The van der Waals surface area contributed by atoms with E-state index in [-0.39, 0.29) is 0 Å². The van der Waals surface area contributed by atoms with Crippen molar-refractivity contribution in [3.05, 3.63) is 29.3 Å². The second-order valence-electron chi connectivity index (χ2n) is 4.43. The van der Waals surface area contributed by atoms with E-state index in [0.29, 0.717) is 6.04 Å². The van der Waals surface area contributed by atoms with Gasteiger partial charge in [-0.25, -0.2) is 0 Å². The highest BCUT2D eigenvalue weighted by atomic mass is 16.5. The summed E-state index contributed by atoms with van der Waals surface area (Å²) < 4.78 is 5.64. The van der Waals surface area contributed by atoms with Crippen LogP contribution in [0.15, 0.2) is 18.2 Å². The summed E-state index contributed by atoms with van der Waals surface area (Å²) in [5, 5.41) is 3.41. The van der Waals surface area contributed by atoms with Crippen LogP contribution in [0.3, 0.4) is 0 Å². The van der Waals surface area contributed by atoms with Crippen LogP contribution in [0.2, 0.25) is 0 Å². The average molecular weight is 205 g/mol. The number of rotatable bonds is 3. The molecule has 1 N–H and O–H groups in total. The fourth-order valence-corrected chi connectivity index (χ4v) is 1.82. The maximum atomic E-state index is 5.64. The molecule has 1 aromatic rings. The highest BCUT2D eigenvalue weighted by Crippen LogP contribution is 2.25. The zero-order chi connectivity index (χ0) is 10.7. The van der Waals surface area contributed by atoms with Gasteiger partial charge in [0.15, 0.2) is 0 Å². The Kier molecular flexibility index (Phi) is 3.27. The first-order valence-corrected chi connectivity index (χ1v) is 5.73. The Morgan fingerprint density at radius 3 is 3.07 bits per heavy atom. The van der Waals surface area contributed by atoms with Gasteiger partial charge in [0.1, 0.15) is 5.75 Å². The van der Waals surface area contributed by atoms with Crippen molar-refractivity contribution in [1.82, 2.24) is 5.32 Å². The Hall–Kier alpha value is -1.02. The molecule has 82 valence electrons. The average Bonchev–Trinajstić information content (AvgIpc) is 2.26. The number of nitrogens with one attached hydrogen (secondary N) is 1. The zero-order valence-electron chi connectivity index (χ0n) is 9.55. The first kappa shape index (κ1) is 10.5. The molecule has 0 atom stereocenters. The van der Waals surface area contributed by atoms with E-state index in [2.05, 4.69) is 37.4 Å². The Labute approximate surface area is 91.6 Å². The Bertz CT molecular complexity index is 333. The summed E-state index contributed by atoms with van der Waals surface area (Å²) in [6.07, 6.45) is 2.31. The third-order valence-electron chi connectivity index (χ3n) is 2.69. The quantitative estimate of drug-likeness (QED) is 0.818. The van der Waals surface area contributed by atoms with Crippen molar-refractivity contribution in [1.29, 1.82) is 0 Å². The lowest BCUT2D eigenvalue weighted by Crippen LogP contribution is -2.22. The van der Waals surface area contributed by atoms with Crippen LogP contribution in [0.4, 0.5) is 0 Å². The molecule has 0 unspecified atom stereocenters. The van der Waals surface area contributed by atoms with Gasteiger partial charge in [0, 0.05) is 12.6 Å². The highest BCUT2D eigenvalue weighted by Gasteiger charge is 2.10. The van der Waals surface area contributed by atoms with Crippen molar-refractivity contribution in [2.75, 3.05) is 6.61 Å². The topological polar surface area (TPSA) is 21.3 Å². The largest absolute Gasteiger partial charge is 0.493 e. The summed E-state index contributed by atoms with van der Waals surface area (Å²) in [4.78, 5) is 0. The second-order valence-corrected chi connectivity index (χ2v) is 4.43. The van der Waals surface area contributed by atoms with E-state index in [1.807, 2.05) is 0 Å². The molecule has 1 aliphatic heterocycles. The number of hydrogen-bond donors (Lipinski definition) is 1. The Balaban J connectivity index is 2.07. The molecule has 2 rings (SSSR count). The summed E-state index contributed by atoms with van der Waals surface area (Å²) in [7, 11) is 0. The molecular formula is C13H19NO. The van der Waals surface area contributed by atoms with Gasteiger partial charge in [-0.05, 0) is 30.0 Å². The maximum absolute atomic E-state index is 5.64. The van der Waals surface area contributed by atoms with Crippen LogP contribution in [0.1, 0.15) is 31.4 Å². The predicted molar refractivity (Wildman–Crippen MR) is 62.2 cm³/mol. The third-order valence-corrected chi connectivity index (χ3v) is 2.69. The van der Waals surface area contributed by atoms with E-state index in [4.69, 9.17) is 4.74 Å². The maximum Gasteiger partial charge on any atom is 0.122 e. The molecular weight excluding hydrogens is 186 g/mol. The molecule has 0 fully saturated rings. The number of fused-ring (bicyclic) bond motifs is 1. The number of hydrogen-bond acceptors (Lipinski definition) is 2. The van der Waals surface area contributed by atoms with Gasteiger partial charge in [-0.15, -0.1) is 0 Å². The highest BCUT2D eigenvalue weighted by molar-refractivity contribution is 5.38. The molecule has 0 bridgehead atoms. The molecule has 1 heterocycles. The van der Waals surface area contributed by atoms with Gasteiger partial charge in [-0.3, -0.25) is 0 Å². The van der Waals surface area contributed by atoms with E-state index in [1.54, 1.807) is 0 Å². The molecule has 0 spiro atoms. The van der Waals surface area contributed by atoms with Crippen molar-refractivity contribution in [3.8, 4) is 5.75 Å². The minimum absolute atomic E-state index is 0.530. The van der Waals surface area contributed by atoms with Crippen molar-refractivity contribution in [3.63, 3.8) is 0 Å². The van der Waals surface area contributed by atoms with Crippen LogP contribution in [-0.4, -0.2) is 12.6 Å². The van der Waals surface area contributed by atoms with Crippen LogP contribution in [0.25, 0.3) is 0 Å². The van der Waals surface area contributed by atoms with E-state index >= 15 is 0 Å². The van der Waals surface area contributed by atoms with Gasteiger partial charge in [0.25, 0.3) is 0 Å². The monoisotopic (exact) mass is 205 g/mol. The first-order chi connectivity index (χ1) is 7.25. The summed E-state index contributed by atoms with van der Waals surface area (Å²) in [5.41, 5.74) is 2.67. The van der Waals surface area contributed by atoms with Crippen LogP contribution < -0.4 is 10.1 Å². The zero-order valence-corrected chi connectivity index (χ0v) is 9.55. The van der Waals surface area contributed by atoms with Crippen LogP contribution in [0.5, 0.6) is 5.75 Å². The fraction of sp³-hybridized carbons (Fsp3) is 0.538. The number of benzene rings is 1. The predicted octanol–water partition coefficient (Wildman–Crippen LogP) is 2.51. The van der Waals surface area contributed by atoms with E-state index in [9.17, 15) is 0 Å². The molecule has 2 nitrogen and oxygen atoms in total. The van der Waals surface area contributed by atoms with Crippen LogP contribution >= 0.6 is 0 Å². The van der Waals surface area contributed by atoms with Gasteiger partial charge in [-0.2, -0.15) is 0 Å². The van der Waals surface area contributed by atoms with Crippen molar-refractivity contribution < 1.29 is 4.74 Å². The summed E-state index contributed by atoms with van der Waals surface area (Å²) in [6.45, 7) is 6.12. The van der Waals surface area contributed by atoms with E-state index in [1.165, 1.54) is 11.1 Å². The normalized spacial score (nSPS) is 14.9. The summed E-state index contributed by atoms with van der Waals surface area (Å²) in [6, 6.07) is 7.10. The minimum atomic E-state index is 0.530. The lowest BCUT2D eigenvalue weighted by molar-refractivity contribution is 0.288. The standard InChI is InChI=1S/C13H19NO/c1-10(2)14-9-11-5-6-12-4-3-7-15-13(12)8-11/h5-6,8,10,14H,3-4,7,9H2,1-2H3. The van der Waals surface area contributed by atoms with E-state index < -0.39 is 0 Å². The SMILES string of the molecule is CC(C)NCc1ccc2c(c1)OCCC2. The fourth-order valence-electron chi connectivity index (χ4n) is 1.82.